The maximum atomic E-state index is 13.5. The Morgan fingerprint density at radius 1 is 1.15 bits per heavy atom. The van der Waals surface area contributed by atoms with E-state index in [1.54, 1.807) is 18.3 Å². The molecule has 1 aromatic carbocycles. The van der Waals surface area contributed by atoms with Crippen LogP contribution in [0.5, 0.6) is 0 Å². The predicted molar refractivity (Wildman–Crippen MR) is 130 cm³/mol. The number of benzene rings is 1. The minimum Gasteiger partial charge on any atom is -0.480 e. The molecular weight excluding hydrogens is 460 g/mol. The number of aliphatic carboxylic acids is 1. The molecule has 5 rings (SSSR count). The third-order valence-electron chi connectivity index (χ3n) is 5.62. The standard InChI is InChI=1S/C23H18N4O4S2/c28-19(29)13-27-22(31)17(33-23(27)32)11-16-20(24-18-7-3-4-9-26(18)21(16)30)25-10-8-14-5-1-2-6-15(14)12-25/h1-7,9,11H,8,10,12-13H2,(H,28,29)/b17-11-. The molecule has 1 N–H and O–H groups in total. The van der Waals surface area contributed by atoms with Crippen LogP contribution in [0.25, 0.3) is 11.7 Å². The monoisotopic (exact) mass is 478 g/mol. The Morgan fingerprint density at radius 2 is 1.91 bits per heavy atom. The van der Waals surface area contributed by atoms with Crippen LogP contribution in [-0.4, -0.2) is 48.7 Å². The summed E-state index contributed by atoms with van der Waals surface area (Å²) in [5.41, 5.74) is 2.90. The average Bonchev–Trinajstić information content (AvgIpc) is 3.07. The van der Waals surface area contributed by atoms with E-state index in [1.807, 2.05) is 23.1 Å². The van der Waals surface area contributed by atoms with Gasteiger partial charge in [0.1, 0.15) is 22.3 Å². The van der Waals surface area contributed by atoms with Gasteiger partial charge in [-0.1, -0.05) is 54.3 Å². The van der Waals surface area contributed by atoms with Crippen molar-refractivity contribution in [2.45, 2.75) is 13.0 Å². The molecule has 2 aromatic heterocycles. The molecule has 1 fully saturated rings. The number of carboxylic acid groups (broad SMARTS) is 1. The van der Waals surface area contributed by atoms with Gasteiger partial charge in [-0.2, -0.15) is 0 Å². The molecule has 1 amide bonds. The van der Waals surface area contributed by atoms with Gasteiger partial charge in [0.25, 0.3) is 11.5 Å². The van der Waals surface area contributed by atoms with Crippen LogP contribution in [0.4, 0.5) is 5.82 Å². The minimum absolute atomic E-state index is 0.149. The van der Waals surface area contributed by atoms with E-state index in [0.29, 0.717) is 24.6 Å². The molecule has 0 atom stereocenters. The number of aromatic nitrogens is 2. The molecule has 33 heavy (non-hydrogen) atoms. The maximum Gasteiger partial charge on any atom is 0.323 e. The number of anilines is 1. The van der Waals surface area contributed by atoms with E-state index in [9.17, 15) is 14.4 Å². The zero-order valence-electron chi connectivity index (χ0n) is 17.3. The van der Waals surface area contributed by atoms with Gasteiger partial charge >= 0.3 is 5.97 Å². The predicted octanol–water partition coefficient (Wildman–Crippen LogP) is 2.54. The summed E-state index contributed by atoms with van der Waals surface area (Å²) in [7, 11) is 0. The lowest BCUT2D eigenvalue weighted by Gasteiger charge is -2.30. The summed E-state index contributed by atoms with van der Waals surface area (Å²) in [5.74, 6) is -1.20. The van der Waals surface area contributed by atoms with Gasteiger partial charge in [0.05, 0.1) is 10.5 Å². The molecule has 166 valence electrons. The van der Waals surface area contributed by atoms with Crippen molar-refractivity contribution in [2.24, 2.45) is 0 Å². The van der Waals surface area contributed by atoms with E-state index in [2.05, 4.69) is 12.1 Å². The summed E-state index contributed by atoms with van der Waals surface area (Å²) in [5, 5.41) is 9.09. The van der Waals surface area contributed by atoms with Crippen LogP contribution in [0, 0.1) is 0 Å². The van der Waals surface area contributed by atoms with Crippen LogP contribution in [0.15, 0.2) is 58.4 Å². The first kappa shape index (κ1) is 21.4. The SMILES string of the molecule is O=C(O)CN1C(=O)/C(=C/c2c(N3CCc4ccccc4C3)nc3ccccn3c2=O)SC1=S. The highest BCUT2D eigenvalue weighted by molar-refractivity contribution is 8.26. The Bertz CT molecular complexity index is 1420. The molecule has 8 nitrogen and oxygen atoms in total. The second-order valence-electron chi connectivity index (χ2n) is 7.68. The summed E-state index contributed by atoms with van der Waals surface area (Å²) < 4.78 is 1.58. The molecule has 0 unspecified atom stereocenters. The Balaban J connectivity index is 1.63. The first-order valence-electron chi connectivity index (χ1n) is 10.2. The van der Waals surface area contributed by atoms with E-state index < -0.39 is 18.4 Å². The van der Waals surface area contributed by atoms with Gasteiger partial charge in [-0.05, 0) is 35.8 Å². The van der Waals surface area contributed by atoms with E-state index in [4.69, 9.17) is 22.3 Å². The van der Waals surface area contributed by atoms with Gasteiger partial charge in [-0.25, -0.2) is 4.98 Å². The lowest BCUT2D eigenvalue weighted by Crippen LogP contribution is -2.34. The second-order valence-corrected chi connectivity index (χ2v) is 9.36. The number of carbonyl (C=O) groups excluding carboxylic acids is 1. The number of nitrogens with zero attached hydrogens (tertiary/aromatic N) is 4. The zero-order valence-corrected chi connectivity index (χ0v) is 18.9. The minimum atomic E-state index is -1.16. The Morgan fingerprint density at radius 3 is 2.70 bits per heavy atom. The van der Waals surface area contributed by atoms with Crippen LogP contribution < -0.4 is 10.5 Å². The Labute approximate surface area is 198 Å². The second kappa shape index (κ2) is 8.45. The number of rotatable bonds is 4. The lowest BCUT2D eigenvalue weighted by atomic mass is 9.99. The summed E-state index contributed by atoms with van der Waals surface area (Å²) in [4.78, 5) is 45.4. The number of carboxylic acids is 1. The van der Waals surface area contributed by atoms with Crippen LogP contribution in [-0.2, 0) is 22.6 Å². The highest BCUT2D eigenvalue weighted by Crippen LogP contribution is 2.34. The number of carbonyl (C=O) groups is 2. The van der Waals surface area contributed by atoms with Crippen LogP contribution in [0.1, 0.15) is 16.7 Å². The van der Waals surface area contributed by atoms with Crippen LogP contribution >= 0.6 is 24.0 Å². The Hall–Kier alpha value is -3.50. The van der Waals surface area contributed by atoms with Crippen molar-refractivity contribution in [3.63, 3.8) is 0 Å². The number of thiocarbonyl (C=S) groups is 1. The maximum absolute atomic E-state index is 13.5. The van der Waals surface area contributed by atoms with Gasteiger partial charge in [0.2, 0.25) is 0 Å². The average molecular weight is 479 g/mol. The third kappa shape index (κ3) is 3.91. The molecule has 0 aliphatic carbocycles. The van der Waals surface area contributed by atoms with E-state index in [-0.39, 0.29) is 20.3 Å². The van der Waals surface area contributed by atoms with E-state index in [1.165, 1.54) is 16.0 Å². The topological polar surface area (TPSA) is 95.2 Å². The van der Waals surface area contributed by atoms with Crippen molar-refractivity contribution in [1.82, 2.24) is 14.3 Å². The summed E-state index contributed by atoms with van der Waals surface area (Å²) in [6, 6.07) is 13.5. The molecule has 0 bridgehead atoms. The quantitative estimate of drug-likeness (QED) is 0.452. The number of fused-ring (bicyclic) bond motifs is 2. The summed E-state index contributed by atoms with van der Waals surface area (Å²) >= 11 is 6.18. The molecule has 0 saturated carbocycles. The molecule has 0 radical (unpaired) electrons. The molecule has 2 aliphatic heterocycles. The van der Waals surface area contributed by atoms with Crippen molar-refractivity contribution in [3.8, 4) is 0 Å². The van der Waals surface area contributed by atoms with Gasteiger partial charge in [0, 0.05) is 19.3 Å². The van der Waals surface area contributed by atoms with Gasteiger partial charge in [-0.3, -0.25) is 23.7 Å². The first-order valence-corrected chi connectivity index (χ1v) is 11.4. The molecule has 4 heterocycles. The molecule has 10 heteroatoms. The molecule has 3 aromatic rings. The molecule has 1 saturated heterocycles. The summed E-state index contributed by atoms with van der Waals surface area (Å²) in [6.07, 6.45) is 3.94. The van der Waals surface area contributed by atoms with Crippen molar-refractivity contribution in [3.05, 3.63) is 80.6 Å². The molecule has 0 spiro atoms. The van der Waals surface area contributed by atoms with Crippen LogP contribution in [0.2, 0.25) is 0 Å². The lowest BCUT2D eigenvalue weighted by molar-refractivity contribution is -0.140. The molecular formula is C23H18N4O4S2. The van der Waals surface area contributed by atoms with Crippen molar-refractivity contribution in [1.29, 1.82) is 0 Å². The van der Waals surface area contributed by atoms with Gasteiger partial charge < -0.3 is 10.0 Å². The van der Waals surface area contributed by atoms with Gasteiger partial charge in [-0.15, -0.1) is 0 Å². The fraction of sp³-hybridized carbons (Fsp3) is 0.174. The van der Waals surface area contributed by atoms with E-state index >= 15 is 0 Å². The van der Waals surface area contributed by atoms with Crippen molar-refractivity contribution < 1.29 is 14.7 Å². The van der Waals surface area contributed by atoms with E-state index in [0.717, 1.165) is 28.6 Å². The number of thioether (sulfide) groups is 1. The molecule has 2 aliphatic rings. The summed E-state index contributed by atoms with van der Waals surface area (Å²) in [6.45, 7) is 0.742. The third-order valence-corrected chi connectivity index (χ3v) is 7.00. The van der Waals surface area contributed by atoms with Crippen LogP contribution in [0.3, 0.4) is 0 Å². The number of hydrogen-bond acceptors (Lipinski definition) is 7. The normalized spacial score (nSPS) is 17.2. The van der Waals surface area contributed by atoms with Crippen molar-refractivity contribution in [2.75, 3.05) is 18.0 Å². The number of amides is 1. The number of hydrogen-bond donors (Lipinski definition) is 1. The largest absolute Gasteiger partial charge is 0.480 e. The number of pyridine rings is 1. The fourth-order valence-corrected chi connectivity index (χ4v) is 5.27. The highest BCUT2D eigenvalue weighted by atomic mass is 32.2. The smallest absolute Gasteiger partial charge is 0.323 e. The van der Waals surface area contributed by atoms with Gasteiger partial charge in [0.15, 0.2) is 0 Å². The highest BCUT2D eigenvalue weighted by Gasteiger charge is 2.34. The Kier molecular flexibility index (Phi) is 5.47. The zero-order chi connectivity index (χ0) is 23.1. The first-order chi connectivity index (χ1) is 15.9. The van der Waals surface area contributed by atoms with Crippen molar-refractivity contribution >= 4 is 57.7 Å². The fourth-order valence-electron chi connectivity index (χ4n) is 4.04.